The number of nitrogens with one attached hydrogen (secondary N) is 1. The van der Waals surface area contributed by atoms with E-state index >= 15 is 0 Å². The van der Waals surface area contributed by atoms with Crippen molar-refractivity contribution in [2.75, 3.05) is 6.54 Å². The van der Waals surface area contributed by atoms with E-state index in [1.165, 1.54) is 5.56 Å². The monoisotopic (exact) mass is 299 g/mol. The van der Waals surface area contributed by atoms with Gasteiger partial charge in [0.15, 0.2) is 0 Å². The third kappa shape index (κ3) is 3.13. The van der Waals surface area contributed by atoms with Gasteiger partial charge in [0.1, 0.15) is 11.5 Å². The van der Waals surface area contributed by atoms with E-state index in [4.69, 9.17) is 4.52 Å². The van der Waals surface area contributed by atoms with Crippen LogP contribution in [0.3, 0.4) is 0 Å². The van der Waals surface area contributed by atoms with Crippen molar-refractivity contribution in [1.82, 2.24) is 15.4 Å². The zero-order chi connectivity index (χ0) is 15.5. The van der Waals surface area contributed by atoms with Crippen molar-refractivity contribution in [2.24, 2.45) is 0 Å². The summed E-state index contributed by atoms with van der Waals surface area (Å²) in [4.78, 5) is 14.3. The number of benzene rings is 1. The summed E-state index contributed by atoms with van der Waals surface area (Å²) in [6.45, 7) is 5.22. The second kappa shape index (κ2) is 6.22. The van der Waals surface area contributed by atoms with Crippen LogP contribution < -0.4 is 5.32 Å². The molecule has 2 amide bonds. The van der Waals surface area contributed by atoms with Gasteiger partial charge < -0.3 is 14.7 Å². The third-order valence-corrected chi connectivity index (χ3v) is 4.07. The molecule has 1 saturated heterocycles. The summed E-state index contributed by atoms with van der Waals surface area (Å²) in [5, 5.41) is 7.06. The second-order valence-corrected chi connectivity index (χ2v) is 5.86. The number of carbonyl (C=O) groups excluding carboxylic acids is 1. The molecule has 3 rings (SSSR count). The van der Waals surface area contributed by atoms with Gasteiger partial charge in [0.25, 0.3) is 0 Å². The molecule has 0 unspecified atom stereocenters. The van der Waals surface area contributed by atoms with Crippen LogP contribution in [-0.2, 0) is 6.54 Å². The van der Waals surface area contributed by atoms with Crippen LogP contribution in [0.1, 0.15) is 41.5 Å². The Labute approximate surface area is 130 Å². The number of hydrogen-bond acceptors (Lipinski definition) is 3. The van der Waals surface area contributed by atoms with E-state index in [0.717, 1.165) is 36.4 Å². The highest BCUT2D eigenvalue weighted by Crippen LogP contribution is 2.31. The van der Waals surface area contributed by atoms with Gasteiger partial charge in [0, 0.05) is 19.2 Å². The fourth-order valence-corrected chi connectivity index (χ4v) is 2.85. The summed E-state index contributed by atoms with van der Waals surface area (Å²) < 4.78 is 5.14. The van der Waals surface area contributed by atoms with E-state index in [2.05, 4.69) is 29.5 Å². The minimum Gasteiger partial charge on any atom is -0.361 e. The Kier molecular flexibility index (Phi) is 4.13. The molecule has 22 heavy (non-hydrogen) atoms. The number of nitrogens with zero attached hydrogens (tertiary/aromatic N) is 2. The van der Waals surface area contributed by atoms with Crippen LogP contribution in [0.25, 0.3) is 0 Å². The van der Waals surface area contributed by atoms with E-state index in [-0.39, 0.29) is 12.1 Å². The first-order valence-electron chi connectivity index (χ1n) is 7.67. The van der Waals surface area contributed by atoms with E-state index in [0.29, 0.717) is 6.54 Å². The average molecular weight is 299 g/mol. The van der Waals surface area contributed by atoms with Crippen molar-refractivity contribution in [3.05, 3.63) is 52.9 Å². The first-order chi connectivity index (χ1) is 10.6. The molecular formula is C17H21N3O2. The molecular weight excluding hydrogens is 278 g/mol. The summed E-state index contributed by atoms with van der Waals surface area (Å²) in [6.07, 6.45) is 1.93. The lowest BCUT2D eigenvalue weighted by atomic mass is 10.1. The number of aromatic nitrogens is 1. The largest absolute Gasteiger partial charge is 0.361 e. The Balaban J connectivity index is 1.62. The van der Waals surface area contributed by atoms with Crippen LogP contribution in [-0.4, -0.2) is 22.6 Å². The van der Waals surface area contributed by atoms with Gasteiger partial charge in [-0.25, -0.2) is 4.79 Å². The van der Waals surface area contributed by atoms with Gasteiger partial charge in [-0.2, -0.15) is 0 Å². The fraction of sp³-hybridized carbons (Fsp3) is 0.412. The summed E-state index contributed by atoms with van der Waals surface area (Å²) in [6, 6.07) is 10.1. The molecule has 1 aromatic heterocycles. The summed E-state index contributed by atoms with van der Waals surface area (Å²) in [7, 11) is 0. The lowest BCUT2D eigenvalue weighted by Gasteiger charge is -2.23. The van der Waals surface area contributed by atoms with Crippen LogP contribution in [0.5, 0.6) is 0 Å². The van der Waals surface area contributed by atoms with Crippen LogP contribution in [0.15, 0.2) is 34.9 Å². The normalized spacial score (nSPS) is 17.7. The van der Waals surface area contributed by atoms with E-state index in [9.17, 15) is 4.79 Å². The first-order valence-corrected chi connectivity index (χ1v) is 7.67. The molecule has 0 aliphatic carbocycles. The predicted octanol–water partition coefficient (Wildman–Crippen LogP) is 3.34. The SMILES string of the molecule is Cc1ccc(CNC(=O)N2CCC[C@@H]2c2cc(C)on2)cc1. The predicted molar refractivity (Wildman–Crippen MR) is 83.3 cm³/mol. The number of likely N-dealkylation sites (tertiary alicyclic amines) is 1. The highest BCUT2D eigenvalue weighted by Gasteiger charge is 2.31. The number of aryl methyl sites for hydroxylation is 2. The molecule has 5 heteroatoms. The Morgan fingerprint density at radius 1 is 1.36 bits per heavy atom. The van der Waals surface area contributed by atoms with Crippen LogP contribution >= 0.6 is 0 Å². The number of urea groups is 1. The Morgan fingerprint density at radius 2 is 2.14 bits per heavy atom. The summed E-state index contributed by atoms with van der Waals surface area (Å²) in [5.41, 5.74) is 3.17. The molecule has 2 aromatic rings. The summed E-state index contributed by atoms with van der Waals surface area (Å²) in [5.74, 6) is 0.780. The standard InChI is InChI=1S/C17H21N3O2/c1-12-5-7-14(8-6-12)11-18-17(21)20-9-3-4-16(20)15-10-13(2)22-19-15/h5-8,10,16H,3-4,9,11H2,1-2H3,(H,18,21)/t16-/m1/s1. The molecule has 1 fully saturated rings. The van der Waals surface area contributed by atoms with Crippen LogP contribution in [0.4, 0.5) is 4.79 Å². The number of hydrogen-bond donors (Lipinski definition) is 1. The maximum absolute atomic E-state index is 12.4. The molecule has 5 nitrogen and oxygen atoms in total. The fourth-order valence-electron chi connectivity index (χ4n) is 2.85. The number of carbonyl (C=O) groups is 1. The number of rotatable bonds is 3. The maximum atomic E-state index is 12.4. The highest BCUT2D eigenvalue weighted by molar-refractivity contribution is 5.75. The van der Waals surface area contributed by atoms with E-state index < -0.39 is 0 Å². The number of amides is 2. The van der Waals surface area contributed by atoms with Crippen LogP contribution in [0.2, 0.25) is 0 Å². The van der Waals surface area contributed by atoms with E-state index in [1.54, 1.807) is 0 Å². The molecule has 0 saturated carbocycles. The van der Waals surface area contributed by atoms with Gasteiger partial charge in [-0.15, -0.1) is 0 Å². The molecule has 1 atom stereocenters. The molecule has 1 aromatic carbocycles. The molecule has 0 radical (unpaired) electrons. The quantitative estimate of drug-likeness (QED) is 0.945. The van der Waals surface area contributed by atoms with Crippen molar-refractivity contribution in [1.29, 1.82) is 0 Å². The smallest absolute Gasteiger partial charge is 0.318 e. The van der Waals surface area contributed by atoms with Gasteiger partial charge >= 0.3 is 6.03 Å². The lowest BCUT2D eigenvalue weighted by molar-refractivity contribution is 0.190. The Bertz CT molecular complexity index is 648. The third-order valence-electron chi connectivity index (χ3n) is 4.07. The molecule has 2 heterocycles. The lowest BCUT2D eigenvalue weighted by Crippen LogP contribution is -2.39. The molecule has 0 spiro atoms. The van der Waals surface area contributed by atoms with Crippen molar-refractivity contribution in [3.8, 4) is 0 Å². The maximum Gasteiger partial charge on any atom is 0.318 e. The Morgan fingerprint density at radius 3 is 2.82 bits per heavy atom. The second-order valence-electron chi connectivity index (χ2n) is 5.86. The van der Waals surface area contributed by atoms with Crippen molar-refractivity contribution in [2.45, 2.75) is 39.3 Å². The minimum absolute atomic E-state index is 0.0236. The average Bonchev–Trinajstić information content (AvgIpc) is 3.14. The zero-order valence-electron chi connectivity index (χ0n) is 13.0. The van der Waals surface area contributed by atoms with E-state index in [1.807, 2.05) is 30.0 Å². The van der Waals surface area contributed by atoms with Gasteiger partial charge in [-0.05, 0) is 32.3 Å². The molecule has 1 aliphatic heterocycles. The summed E-state index contributed by atoms with van der Waals surface area (Å²) >= 11 is 0. The molecule has 116 valence electrons. The zero-order valence-corrected chi connectivity index (χ0v) is 13.0. The highest BCUT2D eigenvalue weighted by atomic mass is 16.5. The Hall–Kier alpha value is -2.30. The van der Waals surface area contributed by atoms with Gasteiger partial charge in [-0.1, -0.05) is 35.0 Å². The van der Waals surface area contributed by atoms with Crippen LogP contribution in [0, 0.1) is 13.8 Å². The van der Waals surface area contributed by atoms with Crippen molar-refractivity contribution in [3.63, 3.8) is 0 Å². The van der Waals surface area contributed by atoms with Gasteiger partial charge in [-0.3, -0.25) is 0 Å². The van der Waals surface area contributed by atoms with Gasteiger partial charge in [0.05, 0.1) is 6.04 Å². The van der Waals surface area contributed by atoms with Crippen molar-refractivity contribution < 1.29 is 9.32 Å². The van der Waals surface area contributed by atoms with Gasteiger partial charge in [0.2, 0.25) is 0 Å². The topological polar surface area (TPSA) is 58.4 Å². The van der Waals surface area contributed by atoms with Crippen molar-refractivity contribution >= 4 is 6.03 Å². The molecule has 1 aliphatic rings. The molecule has 1 N–H and O–H groups in total. The molecule has 0 bridgehead atoms. The minimum atomic E-state index is -0.0382. The first kappa shape index (κ1) is 14.6.